The van der Waals surface area contributed by atoms with Crippen LogP contribution in [-0.4, -0.2) is 22.2 Å². The van der Waals surface area contributed by atoms with Crippen molar-refractivity contribution in [2.45, 2.75) is 6.92 Å². The molecule has 0 aromatic carbocycles. The first-order valence-electron chi connectivity index (χ1n) is 4.66. The third-order valence-corrected chi connectivity index (χ3v) is 2.38. The van der Waals surface area contributed by atoms with Gasteiger partial charge in [0.05, 0.1) is 5.57 Å². The van der Waals surface area contributed by atoms with Crippen LogP contribution in [0.5, 0.6) is 0 Å². The first kappa shape index (κ1) is 12.0. The summed E-state index contributed by atoms with van der Waals surface area (Å²) in [5.74, 6) is -3.51. The molecule has 0 fully saturated rings. The molecule has 4 heteroatoms. The number of hydrogen-bond donors (Lipinski definition) is 2. The first-order chi connectivity index (χ1) is 7.49. The average molecular weight is 220 g/mol. The van der Waals surface area contributed by atoms with E-state index in [-0.39, 0.29) is 5.57 Å². The van der Waals surface area contributed by atoms with Crippen LogP contribution in [0.1, 0.15) is 6.92 Å². The predicted octanol–water partition coefficient (Wildman–Crippen LogP) is 1.77. The molecule has 0 aromatic heterocycles. The maximum Gasteiger partial charge on any atom is 0.332 e. The molecule has 0 amide bonds. The van der Waals surface area contributed by atoms with Gasteiger partial charge in [-0.15, -0.1) is 0 Å². The van der Waals surface area contributed by atoms with E-state index in [1.54, 1.807) is 13.0 Å². The second-order valence-electron chi connectivity index (χ2n) is 3.41. The van der Waals surface area contributed by atoms with Crippen LogP contribution in [0.15, 0.2) is 47.6 Å². The van der Waals surface area contributed by atoms with Crippen molar-refractivity contribution in [3.8, 4) is 0 Å². The smallest absolute Gasteiger partial charge is 0.332 e. The van der Waals surface area contributed by atoms with E-state index in [1.165, 1.54) is 18.2 Å². The van der Waals surface area contributed by atoms with Crippen LogP contribution >= 0.6 is 0 Å². The number of allylic oxidation sites excluding steroid dienone is 5. The molecule has 4 nitrogen and oxygen atoms in total. The number of carbonyl (C=O) groups is 2. The molecule has 0 saturated carbocycles. The Morgan fingerprint density at radius 1 is 1.38 bits per heavy atom. The highest BCUT2D eigenvalue weighted by Gasteiger charge is 2.32. The summed E-state index contributed by atoms with van der Waals surface area (Å²) in [6, 6.07) is 0. The summed E-state index contributed by atoms with van der Waals surface area (Å²) in [5, 5.41) is 18.0. The van der Waals surface area contributed by atoms with Crippen molar-refractivity contribution >= 4 is 11.9 Å². The highest BCUT2D eigenvalue weighted by molar-refractivity contribution is 5.97. The number of carboxylic acid groups (broad SMARTS) is 2. The first-order valence-corrected chi connectivity index (χ1v) is 4.66. The summed E-state index contributed by atoms with van der Waals surface area (Å²) in [6.45, 7) is 5.23. The molecule has 1 aliphatic rings. The van der Waals surface area contributed by atoms with Gasteiger partial charge < -0.3 is 10.2 Å². The van der Waals surface area contributed by atoms with Gasteiger partial charge in [-0.2, -0.15) is 0 Å². The van der Waals surface area contributed by atoms with Crippen molar-refractivity contribution in [2.75, 3.05) is 0 Å². The highest BCUT2D eigenvalue weighted by Crippen LogP contribution is 2.31. The van der Waals surface area contributed by atoms with Gasteiger partial charge in [-0.25, -0.2) is 4.79 Å². The molecule has 0 radical (unpaired) electrons. The minimum Gasteiger partial charge on any atom is -0.481 e. The van der Waals surface area contributed by atoms with Crippen LogP contribution < -0.4 is 0 Å². The average Bonchev–Trinajstić information content (AvgIpc) is 2.20. The fourth-order valence-electron chi connectivity index (χ4n) is 1.62. The molecule has 84 valence electrons. The lowest BCUT2D eigenvalue weighted by Crippen LogP contribution is -2.25. The third-order valence-electron chi connectivity index (χ3n) is 2.38. The van der Waals surface area contributed by atoms with E-state index in [2.05, 4.69) is 6.58 Å². The molecule has 0 spiro atoms. The molecule has 2 N–H and O–H groups in total. The quantitative estimate of drug-likeness (QED) is 0.760. The van der Waals surface area contributed by atoms with Gasteiger partial charge in [0.25, 0.3) is 0 Å². The lowest BCUT2D eigenvalue weighted by atomic mass is 9.82. The fraction of sp³-hybridized carbons (Fsp3) is 0.167. The van der Waals surface area contributed by atoms with Gasteiger partial charge in [-0.05, 0) is 18.1 Å². The molecule has 16 heavy (non-hydrogen) atoms. The molecular weight excluding hydrogens is 208 g/mol. The lowest BCUT2D eigenvalue weighted by molar-refractivity contribution is -0.142. The molecule has 0 aliphatic heterocycles. The van der Waals surface area contributed by atoms with Crippen LogP contribution in [0.2, 0.25) is 0 Å². The summed E-state index contributed by atoms with van der Waals surface area (Å²) in [6.07, 6.45) is 5.91. The SMILES string of the molecule is C=CC=C1C(C)=CC=C(C(=O)O)C1C(=O)O. The van der Waals surface area contributed by atoms with E-state index in [9.17, 15) is 9.59 Å². The van der Waals surface area contributed by atoms with Crippen molar-refractivity contribution in [2.24, 2.45) is 5.92 Å². The Morgan fingerprint density at radius 2 is 2.00 bits per heavy atom. The summed E-state index contributed by atoms with van der Waals surface area (Å²) >= 11 is 0. The maximum absolute atomic E-state index is 11.1. The Hall–Kier alpha value is -2.10. The second kappa shape index (κ2) is 4.61. The van der Waals surface area contributed by atoms with E-state index in [0.29, 0.717) is 5.57 Å². The summed E-state index contributed by atoms with van der Waals surface area (Å²) < 4.78 is 0. The van der Waals surface area contributed by atoms with E-state index >= 15 is 0 Å². The highest BCUT2D eigenvalue weighted by atomic mass is 16.4. The van der Waals surface area contributed by atoms with Crippen molar-refractivity contribution < 1.29 is 19.8 Å². The Labute approximate surface area is 92.9 Å². The van der Waals surface area contributed by atoms with E-state index < -0.39 is 17.9 Å². The molecule has 0 heterocycles. The second-order valence-corrected chi connectivity index (χ2v) is 3.41. The molecule has 1 rings (SSSR count). The number of aliphatic carboxylic acids is 2. The molecule has 0 aromatic rings. The van der Waals surface area contributed by atoms with Crippen LogP contribution in [0, 0.1) is 5.92 Å². The van der Waals surface area contributed by atoms with Crippen LogP contribution in [-0.2, 0) is 9.59 Å². The van der Waals surface area contributed by atoms with Crippen molar-refractivity contribution in [1.82, 2.24) is 0 Å². The van der Waals surface area contributed by atoms with Crippen LogP contribution in [0.25, 0.3) is 0 Å². The molecule has 1 aliphatic carbocycles. The Kier molecular flexibility index (Phi) is 3.45. The number of rotatable bonds is 3. The summed E-state index contributed by atoms with van der Waals surface area (Å²) in [5.41, 5.74) is 1.06. The Morgan fingerprint density at radius 3 is 2.44 bits per heavy atom. The Balaban J connectivity index is 3.33. The Bertz CT molecular complexity index is 436. The van der Waals surface area contributed by atoms with Gasteiger partial charge in [0.2, 0.25) is 0 Å². The van der Waals surface area contributed by atoms with E-state index in [1.807, 2.05) is 0 Å². The predicted molar refractivity (Wildman–Crippen MR) is 58.9 cm³/mol. The zero-order chi connectivity index (χ0) is 12.3. The van der Waals surface area contributed by atoms with Gasteiger partial charge >= 0.3 is 11.9 Å². The van der Waals surface area contributed by atoms with E-state index in [4.69, 9.17) is 10.2 Å². The van der Waals surface area contributed by atoms with Crippen LogP contribution in [0.3, 0.4) is 0 Å². The monoisotopic (exact) mass is 220 g/mol. The van der Waals surface area contributed by atoms with Gasteiger partial charge in [0, 0.05) is 0 Å². The topological polar surface area (TPSA) is 74.6 Å². The van der Waals surface area contributed by atoms with Crippen molar-refractivity contribution in [1.29, 1.82) is 0 Å². The summed E-state index contributed by atoms with van der Waals surface area (Å²) in [7, 11) is 0. The standard InChI is InChI=1S/C12H12O4/c1-3-4-8-7(2)5-6-9(11(13)14)10(8)12(15)16/h3-6,10H,1H2,2H3,(H,13,14)(H,15,16). The molecule has 1 unspecified atom stereocenters. The minimum absolute atomic E-state index is 0.133. The molecule has 0 saturated heterocycles. The lowest BCUT2D eigenvalue weighted by Gasteiger charge is -2.21. The minimum atomic E-state index is -1.22. The van der Waals surface area contributed by atoms with Gasteiger partial charge in [-0.1, -0.05) is 30.9 Å². The summed E-state index contributed by atoms with van der Waals surface area (Å²) in [4.78, 5) is 22.0. The van der Waals surface area contributed by atoms with Crippen molar-refractivity contribution in [3.63, 3.8) is 0 Å². The van der Waals surface area contributed by atoms with Crippen LogP contribution in [0.4, 0.5) is 0 Å². The maximum atomic E-state index is 11.1. The van der Waals surface area contributed by atoms with Gasteiger partial charge in [-0.3, -0.25) is 4.79 Å². The molecular formula is C12H12O4. The van der Waals surface area contributed by atoms with Gasteiger partial charge in [0.1, 0.15) is 5.92 Å². The number of hydrogen-bond acceptors (Lipinski definition) is 2. The molecule has 0 bridgehead atoms. The van der Waals surface area contributed by atoms with E-state index in [0.717, 1.165) is 5.57 Å². The zero-order valence-electron chi connectivity index (χ0n) is 8.80. The number of carboxylic acids is 2. The van der Waals surface area contributed by atoms with Crippen molar-refractivity contribution in [3.05, 3.63) is 47.6 Å². The fourth-order valence-corrected chi connectivity index (χ4v) is 1.62. The van der Waals surface area contributed by atoms with Gasteiger partial charge in [0.15, 0.2) is 0 Å². The normalized spacial score (nSPS) is 22.3. The largest absolute Gasteiger partial charge is 0.481 e. The zero-order valence-corrected chi connectivity index (χ0v) is 8.80. The third kappa shape index (κ3) is 2.11. The molecule has 1 atom stereocenters.